The molecule has 2 heterocycles. The van der Waals surface area contributed by atoms with E-state index in [1.165, 1.54) is 5.56 Å². The van der Waals surface area contributed by atoms with Crippen molar-refractivity contribution in [1.29, 1.82) is 0 Å². The SMILES string of the molecule is Cc1cccc(CN=Nc2cc(N(C)C)nc(OCCc3ccccn3)n2)c1. The summed E-state index contributed by atoms with van der Waals surface area (Å²) in [7, 11) is 3.82. The van der Waals surface area contributed by atoms with Crippen LogP contribution < -0.4 is 9.64 Å². The van der Waals surface area contributed by atoms with E-state index in [1.54, 1.807) is 12.3 Å². The first-order valence-electron chi connectivity index (χ1n) is 9.12. The molecule has 3 aromatic rings. The van der Waals surface area contributed by atoms with Crippen LogP contribution in [-0.4, -0.2) is 35.7 Å². The topological polar surface area (TPSA) is 75.9 Å². The van der Waals surface area contributed by atoms with Gasteiger partial charge in [0, 0.05) is 38.5 Å². The van der Waals surface area contributed by atoms with Crippen LogP contribution in [-0.2, 0) is 13.0 Å². The Morgan fingerprint density at radius 1 is 1.04 bits per heavy atom. The molecule has 0 saturated carbocycles. The molecule has 7 heteroatoms. The Morgan fingerprint density at radius 3 is 2.68 bits per heavy atom. The van der Waals surface area contributed by atoms with Gasteiger partial charge < -0.3 is 9.64 Å². The Balaban J connectivity index is 1.67. The summed E-state index contributed by atoms with van der Waals surface area (Å²) in [6.07, 6.45) is 2.45. The van der Waals surface area contributed by atoms with Crippen LogP contribution in [0, 0.1) is 6.92 Å². The highest BCUT2D eigenvalue weighted by atomic mass is 16.5. The second-order valence-corrected chi connectivity index (χ2v) is 6.57. The number of nitrogens with zero attached hydrogens (tertiary/aromatic N) is 6. The highest BCUT2D eigenvalue weighted by Gasteiger charge is 2.08. The molecule has 0 aliphatic rings. The summed E-state index contributed by atoms with van der Waals surface area (Å²) in [5, 5.41) is 8.53. The first-order chi connectivity index (χ1) is 13.6. The lowest BCUT2D eigenvalue weighted by molar-refractivity contribution is 0.295. The Hall–Kier alpha value is -3.35. The molecular weight excluding hydrogens is 352 g/mol. The minimum Gasteiger partial charge on any atom is -0.463 e. The van der Waals surface area contributed by atoms with Crippen molar-refractivity contribution < 1.29 is 4.74 Å². The van der Waals surface area contributed by atoms with Gasteiger partial charge in [-0.25, -0.2) is 0 Å². The van der Waals surface area contributed by atoms with Gasteiger partial charge in [0.2, 0.25) is 0 Å². The third kappa shape index (κ3) is 5.84. The fraction of sp³-hybridized carbons (Fsp3) is 0.286. The highest BCUT2D eigenvalue weighted by Crippen LogP contribution is 2.21. The molecule has 28 heavy (non-hydrogen) atoms. The van der Waals surface area contributed by atoms with Crippen LogP contribution in [0.3, 0.4) is 0 Å². The monoisotopic (exact) mass is 376 g/mol. The van der Waals surface area contributed by atoms with Crippen molar-refractivity contribution in [1.82, 2.24) is 15.0 Å². The maximum atomic E-state index is 5.73. The summed E-state index contributed by atoms with van der Waals surface area (Å²) >= 11 is 0. The second kappa shape index (κ2) is 9.55. The number of rotatable bonds is 8. The maximum absolute atomic E-state index is 5.73. The standard InChI is InChI=1S/C21H24N6O/c1-16-7-6-8-17(13-16)15-23-26-19-14-20(27(2)3)25-21(24-19)28-12-10-18-9-4-5-11-22-18/h4-9,11,13-14H,10,12,15H2,1-3H3. The molecule has 0 N–H and O–H groups in total. The molecule has 3 rings (SSSR count). The third-order valence-corrected chi connectivity index (χ3v) is 3.96. The number of ether oxygens (including phenoxy) is 1. The van der Waals surface area contributed by atoms with Gasteiger partial charge in [0.25, 0.3) is 0 Å². The van der Waals surface area contributed by atoms with Gasteiger partial charge in [-0.15, -0.1) is 5.11 Å². The second-order valence-electron chi connectivity index (χ2n) is 6.57. The molecule has 0 aliphatic heterocycles. The predicted molar refractivity (Wildman–Crippen MR) is 109 cm³/mol. The van der Waals surface area contributed by atoms with Gasteiger partial charge in [0.1, 0.15) is 5.82 Å². The Bertz CT molecular complexity index is 927. The molecule has 2 aromatic heterocycles. The van der Waals surface area contributed by atoms with Crippen molar-refractivity contribution in [3.63, 3.8) is 0 Å². The number of pyridine rings is 1. The zero-order chi connectivity index (χ0) is 19.8. The fourth-order valence-electron chi connectivity index (χ4n) is 2.54. The van der Waals surface area contributed by atoms with E-state index in [4.69, 9.17) is 4.74 Å². The van der Waals surface area contributed by atoms with Crippen molar-refractivity contribution >= 4 is 11.6 Å². The van der Waals surface area contributed by atoms with Gasteiger partial charge in [-0.3, -0.25) is 4.98 Å². The number of aryl methyl sites for hydroxylation is 1. The van der Waals surface area contributed by atoms with E-state index >= 15 is 0 Å². The first kappa shape index (κ1) is 19.4. The first-order valence-corrected chi connectivity index (χ1v) is 9.12. The number of hydrogen-bond donors (Lipinski definition) is 0. The molecule has 0 bridgehead atoms. The van der Waals surface area contributed by atoms with E-state index in [0.717, 1.165) is 11.3 Å². The highest BCUT2D eigenvalue weighted by molar-refractivity contribution is 5.46. The Morgan fingerprint density at radius 2 is 1.93 bits per heavy atom. The molecule has 1 aromatic carbocycles. The fourth-order valence-corrected chi connectivity index (χ4v) is 2.54. The molecule has 144 valence electrons. The lowest BCUT2D eigenvalue weighted by Gasteiger charge is -2.12. The summed E-state index contributed by atoms with van der Waals surface area (Å²) in [6.45, 7) is 3.00. The van der Waals surface area contributed by atoms with Crippen LogP contribution >= 0.6 is 0 Å². The summed E-state index contributed by atoms with van der Waals surface area (Å²) in [6, 6.07) is 16.1. The van der Waals surface area contributed by atoms with Gasteiger partial charge in [0.05, 0.1) is 13.2 Å². The van der Waals surface area contributed by atoms with Crippen molar-refractivity contribution in [2.45, 2.75) is 19.9 Å². The predicted octanol–water partition coefficient (Wildman–Crippen LogP) is 4.15. The summed E-state index contributed by atoms with van der Waals surface area (Å²) < 4.78 is 5.73. The normalized spacial score (nSPS) is 11.0. The number of aromatic nitrogens is 3. The van der Waals surface area contributed by atoms with Gasteiger partial charge >= 0.3 is 6.01 Å². The zero-order valence-corrected chi connectivity index (χ0v) is 16.4. The average Bonchev–Trinajstić information content (AvgIpc) is 2.69. The summed E-state index contributed by atoms with van der Waals surface area (Å²) in [5.41, 5.74) is 3.27. The lowest BCUT2D eigenvalue weighted by Crippen LogP contribution is -2.12. The van der Waals surface area contributed by atoms with Crippen molar-refractivity contribution in [2.24, 2.45) is 10.2 Å². The average molecular weight is 376 g/mol. The molecule has 0 radical (unpaired) electrons. The van der Waals surface area contributed by atoms with Crippen molar-refractivity contribution in [3.05, 3.63) is 71.5 Å². The largest absolute Gasteiger partial charge is 0.463 e. The molecule has 0 amide bonds. The number of hydrogen-bond acceptors (Lipinski definition) is 7. The van der Waals surface area contributed by atoms with Gasteiger partial charge in [-0.1, -0.05) is 35.9 Å². The molecule has 0 spiro atoms. The number of anilines is 1. The van der Waals surface area contributed by atoms with E-state index in [-0.39, 0.29) is 6.01 Å². The summed E-state index contributed by atoms with van der Waals surface area (Å²) in [4.78, 5) is 14.9. The van der Waals surface area contributed by atoms with Crippen molar-refractivity contribution in [3.8, 4) is 6.01 Å². The quantitative estimate of drug-likeness (QED) is 0.552. The third-order valence-electron chi connectivity index (χ3n) is 3.96. The lowest BCUT2D eigenvalue weighted by atomic mass is 10.1. The number of benzene rings is 1. The molecule has 0 aliphatic carbocycles. The Labute approximate surface area is 165 Å². The van der Waals surface area contributed by atoms with E-state index in [9.17, 15) is 0 Å². The molecule has 0 fully saturated rings. The maximum Gasteiger partial charge on any atom is 0.320 e. The smallest absolute Gasteiger partial charge is 0.320 e. The van der Waals surface area contributed by atoms with Crippen molar-refractivity contribution in [2.75, 3.05) is 25.6 Å². The van der Waals surface area contributed by atoms with E-state index < -0.39 is 0 Å². The van der Waals surface area contributed by atoms with Crippen LogP contribution in [0.1, 0.15) is 16.8 Å². The molecule has 7 nitrogen and oxygen atoms in total. The van der Waals surface area contributed by atoms with E-state index in [1.807, 2.05) is 49.3 Å². The van der Waals surface area contributed by atoms with Crippen LogP contribution in [0.5, 0.6) is 6.01 Å². The minimum atomic E-state index is 0.284. The van der Waals surface area contributed by atoms with Gasteiger partial charge in [-0.05, 0) is 24.6 Å². The van der Waals surface area contributed by atoms with Gasteiger partial charge in [0.15, 0.2) is 5.82 Å². The zero-order valence-electron chi connectivity index (χ0n) is 16.4. The van der Waals surface area contributed by atoms with Crippen LogP contribution in [0.15, 0.2) is 65.0 Å². The minimum absolute atomic E-state index is 0.284. The van der Waals surface area contributed by atoms with Crippen LogP contribution in [0.4, 0.5) is 11.6 Å². The summed E-state index contributed by atoms with van der Waals surface area (Å²) in [5.74, 6) is 1.19. The Kier molecular flexibility index (Phi) is 6.62. The van der Waals surface area contributed by atoms with Crippen LogP contribution in [0.25, 0.3) is 0 Å². The number of azo groups is 1. The molecule has 0 atom stereocenters. The van der Waals surface area contributed by atoms with E-state index in [2.05, 4.69) is 44.2 Å². The molecular formula is C21H24N6O. The molecule has 0 saturated heterocycles. The van der Waals surface area contributed by atoms with E-state index in [0.29, 0.717) is 31.2 Å². The molecule has 0 unspecified atom stereocenters. The van der Waals surface area contributed by atoms with Gasteiger partial charge in [-0.2, -0.15) is 15.1 Å². The van der Waals surface area contributed by atoms with Crippen LogP contribution in [0.2, 0.25) is 0 Å².